The van der Waals surface area contributed by atoms with Gasteiger partial charge in [-0.2, -0.15) is 0 Å². The summed E-state index contributed by atoms with van der Waals surface area (Å²) < 4.78 is 6.94. The van der Waals surface area contributed by atoms with Crippen LogP contribution in [0.3, 0.4) is 0 Å². The number of nitrogens with zero attached hydrogens (tertiary/aromatic N) is 1. The van der Waals surface area contributed by atoms with Crippen LogP contribution in [-0.4, -0.2) is 4.92 Å². The Morgan fingerprint density at radius 1 is 1.20 bits per heavy atom. The summed E-state index contributed by atoms with van der Waals surface area (Å²) in [5.41, 5.74) is 6.40. The van der Waals surface area contributed by atoms with Crippen LogP contribution < -0.4 is 10.5 Å². The van der Waals surface area contributed by atoms with Gasteiger partial charge in [-0.25, -0.2) is 0 Å². The molecule has 2 N–H and O–H groups in total. The molecule has 104 valence electrons. The van der Waals surface area contributed by atoms with Crippen molar-refractivity contribution in [3.8, 4) is 11.5 Å². The molecule has 20 heavy (non-hydrogen) atoms. The van der Waals surface area contributed by atoms with Crippen molar-refractivity contribution in [1.82, 2.24) is 0 Å². The number of benzene rings is 2. The number of nitro groups is 1. The van der Waals surface area contributed by atoms with Crippen molar-refractivity contribution in [2.45, 2.75) is 6.54 Å². The molecule has 2 aromatic rings. The monoisotopic (exact) mass is 400 g/mol. The quantitative estimate of drug-likeness (QED) is 0.609. The molecule has 7 heteroatoms. The Morgan fingerprint density at radius 3 is 2.55 bits per heavy atom. The molecule has 0 aromatic heterocycles. The van der Waals surface area contributed by atoms with Gasteiger partial charge in [-0.05, 0) is 39.7 Å². The third-order valence-corrected chi connectivity index (χ3v) is 3.97. The van der Waals surface area contributed by atoms with Crippen molar-refractivity contribution in [3.63, 3.8) is 0 Å². The Morgan fingerprint density at radius 2 is 1.95 bits per heavy atom. The molecule has 5 nitrogen and oxygen atoms in total. The van der Waals surface area contributed by atoms with Crippen molar-refractivity contribution in [2.75, 3.05) is 0 Å². The number of hydrogen-bond acceptors (Lipinski definition) is 4. The van der Waals surface area contributed by atoms with Crippen LogP contribution in [0.4, 0.5) is 5.69 Å². The lowest BCUT2D eigenvalue weighted by molar-refractivity contribution is -0.385. The second kappa shape index (κ2) is 6.34. The molecule has 0 aliphatic carbocycles. The zero-order valence-corrected chi connectivity index (χ0v) is 13.3. The summed E-state index contributed by atoms with van der Waals surface area (Å²) >= 11 is 6.64. The Hall–Kier alpha value is -1.44. The predicted octanol–water partition coefficient (Wildman–Crippen LogP) is 4.37. The van der Waals surface area contributed by atoms with E-state index in [0.717, 1.165) is 10.0 Å². The minimum Gasteiger partial charge on any atom is -0.449 e. The van der Waals surface area contributed by atoms with Crippen molar-refractivity contribution in [2.24, 2.45) is 5.73 Å². The van der Waals surface area contributed by atoms with E-state index in [0.29, 0.717) is 16.8 Å². The standard InChI is InChI=1S/C13H10Br2N2O3/c14-10-2-1-3-12(17(18)19)13(10)20-9-5-4-8(7-16)11(15)6-9/h1-6H,7,16H2. The summed E-state index contributed by atoms with van der Waals surface area (Å²) in [5.74, 6) is 0.661. The maximum absolute atomic E-state index is 11.0. The van der Waals surface area contributed by atoms with Crippen molar-refractivity contribution in [3.05, 3.63) is 61.0 Å². The number of halogens is 2. The molecule has 0 saturated carbocycles. The highest BCUT2D eigenvalue weighted by molar-refractivity contribution is 9.10. The zero-order chi connectivity index (χ0) is 14.7. The third kappa shape index (κ3) is 3.17. The topological polar surface area (TPSA) is 78.4 Å². The van der Waals surface area contributed by atoms with Crippen molar-refractivity contribution < 1.29 is 9.66 Å². The maximum atomic E-state index is 11.0. The van der Waals surface area contributed by atoms with Gasteiger partial charge in [0.05, 0.1) is 9.40 Å². The number of rotatable bonds is 4. The number of ether oxygens (including phenoxy) is 1. The molecule has 0 amide bonds. The van der Waals surface area contributed by atoms with Crippen LogP contribution in [0.1, 0.15) is 5.56 Å². The van der Waals surface area contributed by atoms with Gasteiger partial charge in [-0.3, -0.25) is 10.1 Å². The average Bonchev–Trinajstić information content (AvgIpc) is 2.41. The Balaban J connectivity index is 2.39. The summed E-state index contributed by atoms with van der Waals surface area (Å²) in [6.45, 7) is 0.399. The summed E-state index contributed by atoms with van der Waals surface area (Å²) in [5, 5.41) is 11.0. The zero-order valence-electron chi connectivity index (χ0n) is 10.2. The lowest BCUT2D eigenvalue weighted by Gasteiger charge is -2.09. The molecule has 0 spiro atoms. The van der Waals surface area contributed by atoms with Crippen LogP contribution in [0.25, 0.3) is 0 Å². The van der Waals surface area contributed by atoms with Crippen LogP contribution in [0.15, 0.2) is 45.3 Å². The van der Waals surface area contributed by atoms with Crippen molar-refractivity contribution >= 4 is 37.5 Å². The summed E-state index contributed by atoms with van der Waals surface area (Å²) in [6, 6.07) is 9.92. The molecule has 0 aliphatic rings. The minimum absolute atomic E-state index is 0.0987. The smallest absolute Gasteiger partial charge is 0.312 e. The molecular formula is C13H10Br2N2O3. The first-order valence-electron chi connectivity index (χ1n) is 5.62. The van der Waals surface area contributed by atoms with Crippen LogP contribution in [0.5, 0.6) is 11.5 Å². The van der Waals surface area contributed by atoms with Gasteiger partial charge < -0.3 is 10.5 Å². The first-order chi connectivity index (χ1) is 9.52. The minimum atomic E-state index is -0.483. The van der Waals surface area contributed by atoms with Gasteiger partial charge in [-0.1, -0.05) is 28.1 Å². The van der Waals surface area contributed by atoms with E-state index in [9.17, 15) is 10.1 Å². The molecule has 0 radical (unpaired) electrons. The van der Waals surface area contributed by atoms with E-state index in [1.54, 1.807) is 24.3 Å². The fraction of sp³-hybridized carbons (Fsp3) is 0.0769. The van der Waals surface area contributed by atoms with E-state index in [1.807, 2.05) is 6.07 Å². The van der Waals surface area contributed by atoms with Gasteiger partial charge in [0.2, 0.25) is 5.75 Å². The molecular weight excluding hydrogens is 392 g/mol. The fourth-order valence-corrected chi connectivity index (χ4v) is 2.57. The Bertz CT molecular complexity index is 662. The molecule has 0 saturated heterocycles. The van der Waals surface area contributed by atoms with Crippen LogP contribution in [-0.2, 0) is 6.54 Å². The molecule has 0 aliphatic heterocycles. The highest BCUT2D eigenvalue weighted by Crippen LogP contribution is 2.38. The first kappa shape index (κ1) is 15.0. The molecule has 0 unspecified atom stereocenters. The summed E-state index contributed by atoms with van der Waals surface area (Å²) in [7, 11) is 0. The van der Waals surface area contributed by atoms with E-state index in [1.165, 1.54) is 6.07 Å². The van der Waals surface area contributed by atoms with Crippen LogP contribution in [0, 0.1) is 10.1 Å². The molecule has 2 rings (SSSR count). The Kier molecular flexibility index (Phi) is 4.74. The third-order valence-electron chi connectivity index (χ3n) is 2.61. The Labute approximate surface area is 132 Å². The van der Waals surface area contributed by atoms with E-state index in [4.69, 9.17) is 10.5 Å². The number of hydrogen-bond donors (Lipinski definition) is 1. The highest BCUT2D eigenvalue weighted by Gasteiger charge is 2.18. The van der Waals surface area contributed by atoms with Gasteiger partial charge in [0.1, 0.15) is 5.75 Å². The summed E-state index contributed by atoms with van der Waals surface area (Å²) in [4.78, 5) is 10.5. The van der Waals surface area contributed by atoms with Crippen molar-refractivity contribution in [1.29, 1.82) is 0 Å². The van der Waals surface area contributed by atoms with Gasteiger partial charge in [0, 0.05) is 17.1 Å². The van der Waals surface area contributed by atoms with E-state index < -0.39 is 4.92 Å². The first-order valence-corrected chi connectivity index (χ1v) is 7.20. The normalized spacial score (nSPS) is 10.3. The van der Waals surface area contributed by atoms with Gasteiger partial charge in [0.15, 0.2) is 0 Å². The average molecular weight is 402 g/mol. The van der Waals surface area contributed by atoms with E-state index in [2.05, 4.69) is 31.9 Å². The van der Waals surface area contributed by atoms with Crippen LogP contribution in [0.2, 0.25) is 0 Å². The lowest BCUT2D eigenvalue weighted by atomic mass is 10.2. The number of nitrogens with two attached hydrogens (primary N) is 1. The second-order valence-corrected chi connectivity index (χ2v) is 5.61. The fourth-order valence-electron chi connectivity index (χ4n) is 1.62. The molecule has 0 fully saturated rings. The SMILES string of the molecule is NCc1ccc(Oc2c(Br)cccc2[N+](=O)[O-])cc1Br. The molecule has 0 heterocycles. The second-order valence-electron chi connectivity index (χ2n) is 3.90. The van der Waals surface area contributed by atoms with Gasteiger partial charge >= 0.3 is 5.69 Å². The molecule has 0 bridgehead atoms. The van der Waals surface area contributed by atoms with Crippen LogP contribution >= 0.6 is 31.9 Å². The van der Waals surface area contributed by atoms with Gasteiger partial charge in [-0.15, -0.1) is 0 Å². The van der Waals surface area contributed by atoms with Gasteiger partial charge in [0.25, 0.3) is 0 Å². The van der Waals surface area contributed by atoms with E-state index in [-0.39, 0.29) is 11.4 Å². The lowest BCUT2D eigenvalue weighted by Crippen LogP contribution is -1.98. The number of para-hydroxylation sites is 1. The van der Waals surface area contributed by atoms with E-state index >= 15 is 0 Å². The highest BCUT2D eigenvalue weighted by atomic mass is 79.9. The number of nitro benzene ring substituents is 1. The molecule has 0 atom stereocenters. The predicted molar refractivity (Wildman–Crippen MR) is 82.9 cm³/mol. The molecule has 2 aromatic carbocycles. The maximum Gasteiger partial charge on any atom is 0.312 e. The largest absolute Gasteiger partial charge is 0.449 e. The summed E-state index contributed by atoms with van der Waals surface area (Å²) in [6.07, 6.45) is 0.